The Morgan fingerprint density at radius 1 is 1.08 bits per heavy atom. The van der Waals surface area contributed by atoms with Crippen molar-refractivity contribution in [3.63, 3.8) is 0 Å². The fourth-order valence-electron chi connectivity index (χ4n) is 3.28. The summed E-state index contributed by atoms with van der Waals surface area (Å²) < 4.78 is 3.80. The van der Waals surface area contributed by atoms with Crippen molar-refractivity contribution < 1.29 is 0 Å². The second-order valence-electron chi connectivity index (χ2n) is 6.47. The minimum absolute atomic E-state index is 0.261. The fraction of sp³-hybridized carbons (Fsp3) is 0.412. The van der Waals surface area contributed by atoms with Gasteiger partial charge in [-0.1, -0.05) is 0 Å². The maximum Gasteiger partial charge on any atom is 0.330 e. The average Bonchev–Trinajstić information content (AvgIpc) is 3.14. The minimum Gasteiger partial charge on any atom is -0.353 e. The Balaban J connectivity index is 1.49. The first-order valence-electron chi connectivity index (χ1n) is 8.46. The quantitative estimate of drug-likeness (QED) is 0.663. The van der Waals surface area contributed by atoms with Gasteiger partial charge in [0.15, 0.2) is 0 Å². The molecule has 1 aliphatic rings. The highest BCUT2D eigenvalue weighted by atomic mass is 32.1. The van der Waals surface area contributed by atoms with Gasteiger partial charge in [-0.2, -0.15) is 0 Å². The Bertz CT molecular complexity index is 1060. The van der Waals surface area contributed by atoms with E-state index < -0.39 is 0 Å². The van der Waals surface area contributed by atoms with Gasteiger partial charge < -0.3 is 4.90 Å². The zero-order valence-corrected chi connectivity index (χ0v) is 15.6. The molecule has 0 atom stereocenters. The minimum atomic E-state index is -0.285. The number of aromatic nitrogens is 4. The molecule has 3 aromatic heterocycles. The SMILES string of the molecule is Cn1c(CN2CCN(c3ncnc4ccsc34)CC2)cc(=O)n(C)c1=O. The van der Waals surface area contributed by atoms with E-state index in [9.17, 15) is 9.59 Å². The molecule has 0 N–H and O–H groups in total. The van der Waals surface area contributed by atoms with Crippen molar-refractivity contribution in [1.82, 2.24) is 24.0 Å². The lowest BCUT2D eigenvalue weighted by Gasteiger charge is -2.35. The van der Waals surface area contributed by atoms with Crippen LogP contribution in [-0.4, -0.2) is 50.2 Å². The van der Waals surface area contributed by atoms with E-state index in [1.807, 2.05) is 11.4 Å². The first-order chi connectivity index (χ1) is 12.5. The van der Waals surface area contributed by atoms with E-state index in [0.29, 0.717) is 6.54 Å². The van der Waals surface area contributed by atoms with Crippen molar-refractivity contribution in [2.24, 2.45) is 14.1 Å². The van der Waals surface area contributed by atoms with E-state index in [1.165, 1.54) is 7.05 Å². The third-order valence-electron chi connectivity index (χ3n) is 4.91. The second kappa shape index (κ2) is 6.65. The molecule has 1 aliphatic heterocycles. The number of fused-ring (bicyclic) bond motifs is 1. The fourth-order valence-corrected chi connectivity index (χ4v) is 4.14. The Morgan fingerprint density at radius 3 is 2.62 bits per heavy atom. The summed E-state index contributed by atoms with van der Waals surface area (Å²) in [5, 5.41) is 2.04. The summed E-state index contributed by atoms with van der Waals surface area (Å²) in [4.78, 5) is 37.3. The molecule has 0 aliphatic carbocycles. The van der Waals surface area contributed by atoms with Gasteiger partial charge in [-0.15, -0.1) is 11.3 Å². The molecule has 0 aromatic carbocycles. The van der Waals surface area contributed by atoms with Crippen molar-refractivity contribution in [2.75, 3.05) is 31.1 Å². The van der Waals surface area contributed by atoms with Crippen LogP contribution in [0.5, 0.6) is 0 Å². The lowest BCUT2D eigenvalue weighted by atomic mass is 10.2. The molecule has 136 valence electrons. The van der Waals surface area contributed by atoms with Crippen molar-refractivity contribution in [2.45, 2.75) is 6.54 Å². The third kappa shape index (κ3) is 2.93. The maximum absolute atomic E-state index is 12.1. The van der Waals surface area contributed by atoms with Crippen LogP contribution in [-0.2, 0) is 20.6 Å². The number of hydrogen-bond acceptors (Lipinski definition) is 7. The molecule has 0 amide bonds. The molecule has 4 heterocycles. The molecule has 9 heteroatoms. The summed E-state index contributed by atoms with van der Waals surface area (Å²) >= 11 is 1.66. The monoisotopic (exact) mass is 372 g/mol. The van der Waals surface area contributed by atoms with E-state index in [2.05, 4.69) is 19.8 Å². The topological polar surface area (TPSA) is 76.3 Å². The Labute approximate surface area is 154 Å². The molecular formula is C17H20N6O2S. The van der Waals surface area contributed by atoms with Gasteiger partial charge in [0.2, 0.25) is 0 Å². The molecule has 1 fully saturated rings. The Kier molecular flexibility index (Phi) is 4.33. The van der Waals surface area contributed by atoms with E-state index in [1.54, 1.807) is 35.3 Å². The van der Waals surface area contributed by atoms with Gasteiger partial charge >= 0.3 is 5.69 Å². The summed E-state index contributed by atoms with van der Waals surface area (Å²) in [5.74, 6) is 0.991. The van der Waals surface area contributed by atoms with E-state index in [-0.39, 0.29) is 11.2 Å². The van der Waals surface area contributed by atoms with Crippen molar-refractivity contribution >= 4 is 27.4 Å². The number of rotatable bonds is 3. The molecule has 0 saturated carbocycles. The van der Waals surface area contributed by atoms with E-state index >= 15 is 0 Å². The van der Waals surface area contributed by atoms with Gasteiger partial charge in [0.1, 0.15) is 12.1 Å². The molecule has 1 saturated heterocycles. The summed E-state index contributed by atoms with van der Waals surface area (Å²) in [7, 11) is 3.21. The zero-order valence-electron chi connectivity index (χ0n) is 14.8. The second-order valence-corrected chi connectivity index (χ2v) is 7.39. The van der Waals surface area contributed by atoms with Gasteiger partial charge in [0, 0.05) is 58.6 Å². The molecule has 0 radical (unpaired) electrons. The van der Waals surface area contributed by atoms with Crippen LogP contribution in [0, 0.1) is 0 Å². The predicted octanol–water partition coefficient (Wildman–Crippen LogP) is 0.411. The highest BCUT2D eigenvalue weighted by molar-refractivity contribution is 7.17. The van der Waals surface area contributed by atoms with Crippen LogP contribution in [0.2, 0.25) is 0 Å². The van der Waals surface area contributed by atoms with Crippen LogP contribution in [0.4, 0.5) is 5.82 Å². The summed E-state index contributed by atoms with van der Waals surface area (Å²) in [6, 6.07) is 3.56. The maximum atomic E-state index is 12.1. The highest BCUT2D eigenvalue weighted by Crippen LogP contribution is 2.28. The number of piperazine rings is 1. The van der Waals surface area contributed by atoms with Gasteiger partial charge in [0.25, 0.3) is 5.56 Å². The van der Waals surface area contributed by atoms with Crippen molar-refractivity contribution in [3.8, 4) is 0 Å². The lowest BCUT2D eigenvalue weighted by molar-refractivity contribution is 0.243. The van der Waals surface area contributed by atoms with Crippen LogP contribution in [0.3, 0.4) is 0 Å². The Hall–Kier alpha value is -2.52. The molecule has 8 nitrogen and oxygen atoms in total. The number of nitrogens with zero attached hydrogens (tertiary/aromatic N) is 6. The van der Waals surface area contributed by atoms with Gasteiger partial charge in [-0.25, -0.2) is 14.8 Å². The number of thiophene rings is 1. The van der Waals surface area contributed by atoms with Crippen LogP contribution < -0.4 is 16.1 Å². The normalized spacial score (nSPS) is 15.7. The average molecular weight is 372 g/mol. The van der Waals surface area contributed by atoms with Crippen molar-refractivity contribution in [1.29, 1.82) is 0 Å². The van der Waals surface area contributed by atoms with Gasteiger partial charge in [0.05, 0.1) is 10.2 Å². The summed E-state index contributed by atoms with van der Waals surface area (Å²) in [5.41, 5.74) is 1.18. The van der Waals surface area contributed by atoms with E-state index in [0.717, 1.165) is 52.5 Å². The zero-order chi connectivity index (χ0) is 18.3. The lowest BCUT2D eigenvalue weighted by Crippen LogP contribution is -2.47. The molecule has 3 aromatic rings. The predicted molar refractivity (Wildman–Crippen MR) is 102 cm³/mol. The number of hydrogen-bond donors (Lipinski definition) is 0. The molecule has 0 spiro atoms. The Morgan fingerprint density at radius 2 is 1.85 bits per heavy atom. The first kappa shape index (κ1) is 16.9. The van der Waals surface area contributed by atoms with E-state index in [4.69, 9.17) is 0 Å². The molecule has 0 bridgehead atoms. The van der Waals surface area contributed by atoms with Crippen LogP contribution in [0.25, 0.3) is 10.2 Å². The van der Waals surface area contributed by atoms with Crippen LogP contribution in [0.15, 0.2) is 33.4 Å². The summed E-state index contributed by atoms with van der Waals surface area (Å²) in [6.07, 6.45) is 1.62. The molecule has 4 rings (SSSR count). The van der Waals surface area contributed by atoms with Gasteiger partial charge in [-0.05, 0) is 11.4 Å². The standard InChI is InChI=1S/C17H20N6O2S/c1-20-12(9-14(24)21(2)17(20)25)10-22-4-6-23(7-5-22)16-15-13(3-8-26-15)18-11-19-16/h3,8-9,11H,4-7,10H2,1-2H3. The highest BCUT2D eigenvalue weighted by Gasteiger charge is 2.21. The van der Waals surface area contributed by atoms with Gasteiger partial charge in [-0.3, -0.25) is 18.8 Å². The van der Waals surface area contributed by atoms with Crippen molar-refractivity contribution in [3.05, 3.63) is 50.4 Å². The molecule has 26 heavy (non-hydrogen) atoms. The summed E-state index contributed by atoms with van der Waals surface area (Å²) in [6.45, 7) is 3.99. The molecule has 0 unspecified atom stereocenters. The number of anilines is 1. The van der Waals surface area contributed by atoms with Crippen LogP contribution >= 0.6 is 11.3 Å². The largest absolute Gasteiger partial charge is 0.353 e. The first-order valence-corrected chi connectivity index (χ1v) is 9.34. The third-order valence-corrected chi connectivity index (χ3v) is 5.81. The molecular weight excluding hydrogens is 352 g/mol. The van der Waals surface area contributed by atoms with Crippen LogP contribution in [0.1, 0.15) is 5.69 Å². The smallest absolute Gasteiger partial charge is 0.330 e.